The maximum absolute atomic E-state index is 10.5. The topological polar surface area (TPSA) is 80.9 Å². The number of rotatable bonds is 7. The molecule has 4 N–H and O–H groups in total. The highest BCUT2D eigenvalue weighted by Crippen LogP contribution is 2.78. The normalized spacial score (nSPS) is 51.0. The quantitative estimate of drug-likeness (QED) is 0.265. The Morgan fingerprint density at radius 3 is 1.90 bits per heavy atom. The zero-order chi connectivity index (χ0) is 29.5. The molecule has 0 unspecified atom stereocenters. The van der Waals surface area contributed by atoms with Crippen molar-refractivity contribution in [2.24, 2.45) is 68.5 Å². The summed E-state index contributed by atoms with van der Waals surface area (Å²) in [4.78, 5) is 0. The van der Waals surface area contributed by atoms with Crippen LogP contribution < -0.4 is 0 Å². The van der Waals surface area contributed by atoms with E-state index < -0.39 is 24.9 Å². The predicted octanol–water partition coefficient (Wildman–Crippen LogP) is 7.22. The van der Waals surface area contributed by atoms with Gasteiger partial charge in [0.1, 0.15) is 12.2 Å². The third-order valence-corrected chi connectivity index (χ3v) is 15.5. The maximum atomic E-state index is 10.5. The molecule has 5 saturated carbocycles. The average molecular weight is 561 g/mol. The summed E-state index contributed by atoms with van der Waals surface area (Å²) < 4.78 is 0. The lowest BCUT2D eigenvalue weighted by atomic mass is 9.31. The number of aliphatic hydroxyl groups is 4. The van der Waals surface area contributed by atoms with E-state index in [2.05, 4.69) is 55.4 Å². The van der Waals surface area contributed by atoms with E-state index in [0.29, 0.717) is 45.3 Å². The molecule has 5 fully saturated rings. The minimum Gasteiger partial charge on any atom is -0.394 e. The molecule has 4 heteroatoms. The highest BCUT2D eigenvalue weighted by molar-refractivity contribution is 5.19. The van der Waals surface area contributed by atoms with Crippen molar-refractivity contribution in [1.29, 1.82) is 0 Å². The van der Waals surface area contributed by atoms with Gasteiger partial charge in [0.05, 0.1) is 12.7 Å². The first-order valence-electron chi connectivity index (χ1n) is 17.2. The lowest BCUT2D eigenvalue weighted by molar-refractivity contribution is -0.245. The summed E-state index contributed by atoms with van der Waals surface area (Å²) in [6.07, 6.45) is 11.7. The van der Waals surface area contributed by atoms with E-state index in [0.717, 1.165) is 36.0 Å². The second-order valence-corrected chi connectivity index (χ2v) is 17.8. The van der Waals surface area contributed by atoms with Crippen molar-refractivity contribution in [3.8, 4) is 0 Å². The Balaban J connectivity index is 1.34. The van der Waals surface area contributed by atoms with Gasteiger partial charge in [0.25, 0.3) is 0 Å². The van der Waals surface area contributed by atoms with Gasteiger partial charge < -0.3 is 20.4 Å². The van der Waals surface area contributed by atoms with Gasteiger partial charge in [-0.1, -0.05) is 55.4 Å². The van der Waals surface area contributed by atoms with Gasteiger partial charge in [-0.2, -0.15) is 0 Å². The molecular weight excluding hydrogens is 496 g/mol. The van der Waals surface area contributed by atoms with Gasteiger partial charge in [-0.15, -0.1) is 0 Å². The van der Waals surface area contributed by atoms with Gasteiger partial charge in [-0.05, 0) is 146 Å². The van der Waals surface area contributed by atoms with Crippen molar-refractivity contribution in [2.75, 3.05) is 6.61 Å². The highest BCUT2D eigenvalue weighted by atomic mass is 16.4. The van der Waals surface area contributed by atoms with E-state index in [1.165, 1.54) is 64.2 Å². The summed E-state index contributed by atoms with van der Waals surface area (Å²) >= 11 is 0. The molecule has 0 aromatic carbocycles. The van der Waals surface area contributed by atoms with Crippen LogP contribution in [0, 0.1) is 68.5 Å². The van der Waals surface area contributed by atoms with Gasteiger partial charge in [0.2, 0.25) is 0 Å². The second kappa shape index (κ2) is 10.5. The third kappa shape index (κ3) is 4.50. The van der Waals surface area contributed by atoms with Crippen LogP contribution in [0.1, 0.15) is 132 Å². The molecule has 0 bridgehead atoms. The van der Waals surface area contributed by atoms with Crippen molar-refractivity contribution in [1.82, 2.24) is 0 Å². The van der Waals surface area contributed by atoms with Crippen LogP contribution in [0.25, 0.3) is 0 Å². The molecule has 5 aliphatic rings. The van der Waals surface area contributed by atoms with Gasteiger partial charge >= 0.3 is 0 Å². The Hall–Kier alpha value is -0.160. The molecular formula is C36H64O4. The van der Waals surface area contributed by atoms with Gasteiger partial charge in [-0.25, -0.2) is 0 Å². The van der Waals surface area contributed by atoms with E-state index in [1.807, 2.05) is 0 Å². The Kier molecular flexibility index (Phi) is 8.19. The first-order valence-corrected chi connectivity index (χ1v) is 17.2. The Bertz CT molecular complexity index is 918. The number of aliphatic hydroxyl groups excluding tert-OH is 4. The Morgan fingerprint density at radius 2 is 1.27 bits per heavy atom. The fourth-order valence-corrected chi connectivity index (χ4v) is 13.9. The standard InChI is InChI=1S/C36H64O4/c1-22-19-32(3,4)28-15-18-36(8)30(34(28,6)20-22)12-11-29-33(5)16-13-24(25(33)14-17-35(29,36)7)23(2)9-10-26(38)31(40)27(39)21-37/h22-31,37-40H,9-21H2,1-8H3/t22-,23-,24-,25+,26-,27+,28+,29-,30-,31-,33+,34+,35-,36-/m1/s1. The predicted molar refractivity (Wildman–Crippen MR) is 162 cm³/mol. The van der Waals surface area contributed by atoms with Crippen molar-refractivity contribution < 1.29 is 20.4 Å². The second-order valence-electron chi connectivity index (χ2n) is 17.8. The first kappa shape index (κ1) is 31.3. The first-order chi connectivity index (χ1) is 18.5. The summed E-state index contributed by atoms with van der Waals surface area (Å²) in [5.74, 6) is 5.29. The summed E-state index contributed by atoms with van der Waals surface area (Å²) in [7, 11) is 0. The molecule has 0 saturated heterocycles. The van der Waals surface area contributed by atoms with Crippen LogP contribution in [0.4, 0.5) is 0 Å². The number of hydrogen-bond donors (Lipinski definition) is 4. The molecule has 232 valence electrons. The van der Waals surface area contributed by atoms with Crippen LogP contribution >= 0.6 is 0 Å². The minimum atomic E-state index is -1.27. The lowest BCUT2D eigenvalue weighted by Crippen LogP contribution is -2.66. The summed E-state index contributed by atoms with van der Waals surface area (Å²) in [5, 5.41) is 39.5. The molecule has 4 nitrogen and oxygen atoms in total. The molecule has 0 amide bonds. The Morgan fingerprint density at radius 1 is 0.675 bits per heavy atom. The van der Waals surface area contributed by atoms with Crippen LogP contribution in [-0.2, 0) is 0 Å². The van der Waals surface area contributed by atoms with E-state index in [9.17, 15) is 15.3 Å². The fraction of sp³-hybridized carbons (Fsp3) is 1.00. The van der Waals surface area contributed by atoms with Crippen LogP contribution in [-0.4, -0.2) is 45.3 Å². The average Bonchev–Trinajstić information content (AvgIpc) is 3.22. The van der Waals surface area contributed by atoms with Crippen molar-refractivity contribution in [2.45, 2.75) is 151 Å². The summed E-state index contributed by atoms with van der Waals surface area (Å²) in [6.45, 7) is 20.4. The smallest absolute Gasteiger partial charge is 0.108 e. The number of fused-ring (bicyclic) bond motifs is 7. The van der Waals surface area contributed by atoms with Crippen LogP contribution in [0.15, 0.2) is 0 Å². The van der Waals surface area contributed by atoms with Crippen molar-refractivity contribution in [3.63, 3.8) is 0 Å². The van der Waals surface area contributed by atoms with Gasteiger partial charge in [-0.3, -0.25) is 0 Å². The number of hydrogen-bond acceptors (Lipinski definition) is 4. The SMILES string of the molecule is C[C@@H]1CC(C)(C)[C@@H]2CC[C@]3(C)[C@H](CC[C@@H]4[C@@]5(C)CC[C@H]([C@H](C)CC[C@@H](O)[C@@H](O)[C@@H](O)CO)[C@@H]5CC[C@]43C)[C@@]2(C)C1. The maximum Gasteiger partial charge on any atom is 0.108 e. The molecule has 5 aliphatic carbocycles. The molecule has 0 heterocycles. The molecule has 40 heavy (non-hydrogen) atoms. The van der Waals surface area contributed by atoms with Gasteiger partial charge in [0, 0.05) is 0 Å². The molecule has 5 rings (SSSR count). The monoisotopic (exact) mass is 560 g/mol. The highest BCUT2D eigenvalue weighted by Gasteiger charge is 2.70. The largest absolute Gasteiger partial charge is 0.394 e. The summed E-state index contributed by atoms with van der Waals surface area (Å²) in [5.41, 5.74) is 2.19. The summed E-state index contributed by atoms with van der Waals surface area (Å²) in [6, 6.07) is 0. The molecule has 0 aliphatic heterocycles. The van der Waals surface area contributed by atoms with Crippen LogP contribution in [0.3, 0.4) is 0 Å². The van der Waals surface area contributed by atoms with E-state index in [1.54, 1.807) is 0 Å². The molecule has 0 aromatic rings. The molecule has 0 aromatic heterocycles. The van der Waals surface area contributed by atoms with Crippen LogP contribution in [0.5, 0.6) is 0 Å². The van der Waals surface area contributed by atoms with E-state index in [4.69, 9.17) is 5.11 Å². The minimum absolute atomic E-state index is 0.405. The zero-order valence-electron chi connectivity index (χ0n) is 27.3. The van der Waals surface area contributed by atoms with Gasteiger partial charge in [0.15, 0.2) is 0 Å². The third-order valence-electron chi connectivity index (χ3n) is 15.5. The van der Waals surface area contributed by atoms with E-state index in [-0.39, 0.29) is 0 Å². The molecule has 0 spiro atoms. The van der Waals surface area contributed by atoms with Crippen molar-refractivity contribution in [3.05, 3.63) is 0 Å². The van der Waals surface area contributed by atoms with Crippen LogP contribution in [0.2, 0.25) is 0 Å². The lowest BCUT2D eigenvalue weighted by Gasteiger charge is -2.73. The van der Waals surface area contributed by atoms with E-state index >= 15 is 0 Å². The zero-order valence-corrected chi connectivity index (χ0v) is 27.3. The molecule has 0 radical (unpaired) electrons. The van der Waals surface area contributed by atoms with Crippen molar-refractivity contribution >= 4 is 0 Å². The Labute approximate surface area is 246 Å². The molecule has 14 atom stereocenters. The fourth-order valence-electron chi connectivity index (χ4n) is 13.9.